The molecule has 1 atom stereocenters. The van der Waals surface area contributed by atoms with E-state index in [0.717, 1.165) is 16.9 Å². The van der Waals surface area contributed by atoms with Crippen LogP contribution in [0.15, 0.2) is 66.7 Å². The number of anilines is 1. The number of hydrogen-bond donors (Lipinski definition) is 2. The number of para-hydroxylation sites is 1. The standard InChI is InChI=1S/C24H27N5O4S/c1-28(15-23(30)25-19-12-13-34(32,33)17-19)16-24(31)26-22-14-21(18-8-4-2-5-9-18)27-29(22)20-10-6-3-7-11-20/h2-11,14,19H,12-13,15-17H2,1H3,(H,25,30)(H,26,31). The molecule has 0 spiro atoms. The maximum Gasteiger partial charge on any atom is 0.239 e. The van der Waals surface area contributed by atoms with Crippen LogP contribution in [0.1, 0.15) is 6.42 Å². The summed E-state index contributed by atoms with van der Waals surface area (Å²) in [6, 6.07) is 20.6. The minimum absolute atomic E-state index is 0.0167. The summed E-state index contributed by atoms with van der Waals surface area (Å²) in [7, 11) is -1.41. The predicted molar refractivity (Wildman–Crippen MR) is 130 cm³/mol. The molecule has 10 heteroatoms. The summed E-state index contributed by atoms with van der Waals surface area (Å²) in [5.74, 6) is -0.0236. The number of nitrogens with zero attached hydrogens (tertiary/aromatic N) is 3. The number of sulfone groups is 1. The predicted octanol–water partition coefficient (Wildman–Crippen LogP) is 1.71. The Morgan fingerprint density at radius 2 is 1.68 bits per heavy atom. The molecule has 1 aliphatic rings. The average Bonchev–Trinajstić information content (AvgIpc) is 3.37. The van der Waals surface area contributed by atoms with E-state index in [1.807, 2.05) is 66.7 Å². The summed E-state index contributed by atoms with van der Waals surface area (Å²) >= 11 is 0. The number of rotatable bonds is 8. The van der Waals surface area contributed by atoms with E-state index in [1.54, 1.807) is 16.6 Å². The highest BCUT2D eigenvalue weighted by Crippen LogP contribution is 2.24. The van der Waals surface area contributed by atoms with Crippen LogP contribution in [0.3, 0.4) is 0 Å². The number of hydrogen-bond acceptors (Lipinski definition) is 6. The Morgan fingerprint density at radius 1 is 1.03 bits per heavy atom. The van der Waals surface area contributed by atoms with Crippen molar-refractivity contribution in [2.24, 2.45) is 0 Å². The zero-order valence-corrected chi connectivity index (χ0v) is 19.7. The molecule has 3 aromatic rings. The van der Waals surface area contributed by atoms with Crippen LogP contribution in [-0.4, -0.2) is 72.6 Å². The van der Waals surface area contributed by atoms with E-state index in [2.05, 4.69) is 15.7 Å². The van der Waals surface area contributed by atoms with Crippen LogP contribution in [-0.2, 0) is 19.4 Å². The van der Waals surface area contributed by atoms with Crippen molar-refractivity contribution < 1.29 is 18.0 Å². The molecule has 0 saturated carbocycles. The fourth-order valence-corrected chi connectivity index (χ4v) is 5.57. The van der Waals surface area contributed by atoms with E-state index in [-0.39, 0.29) is 42.5 Å². The smallest absolute Gasteiger partial charge is 0.239 e. The molecule has 2 N–H and O–H groups in total. The first-order chi connectivity index (χ1) is 16.3. The Labute approximate surface area is 198 Å². The van der Waals surface area contributed by atoms with E-state index in [4.69, 9.17) is 0 Å². The summed E-state index contributed by atoms with van der Waals surface area (Å²) in [5.41, 5.74) is 2.45. The quantitative estimate of drug-likeness (QED) is 0.507. The molecule has 2 aromatic carbocycles. The van der Waals surface area contributed by atoms with Crippen LogP contribution in [0.2, 0.25) is 0 Å². The second-order valence-electron chi connectivity index (χ2n) is 8.42. The SMILES string of the molecule is CN(CC(=O)Nc1cc(-c2ccccc2)nn1-c1ccccc1)CC(=O)NC1CCS(=O)(=O)C1. The summed E-state index contributed by atoms with van der Waals surface area (Å²) in [6.45, 7) is -0.0335. The lowest BCUT2D eigenvalue weighted by Gasteiger charge is -2.18. The van der Waals surface area contributed by atoms with Crippen molar-refractivity contribution in [3.63, 3.8) is 0 Å². The van der Waals surface area contributed by atoms with Crippen LogP contribution < -0.4 is 10.6 Å². The molecule has 34 heavy (non-hydrogen) atoms. The lowest BCUT2D eigenvalue weighted by atomic mass is 10.1. The number of aromatic nitrogens is 2. The lowest BCUT2D eigenvalue weighted by Crippen LogP contribution is -2.43. The van der Waals surface area contributed by atoms with Crippen LogP contribution in [0.4, 0.5) is 5.82 Å². The molecule has 9 nitrogen and oxygen atoms in total. The van der Waals surface area contributed by atoms with Crippen molar-refractivity contribution in [1.29, 1.82) is 0 Å². The molecule has 1 aliphatic heterocycles. The van der Waals surface area contributed by atoms with Crippen molar-refractivity contribution in [3.05, 3.63) is 66.7 Å². The number of amides is 2. The molecular weight excluding hydrogens is 454 g/mol. The molecule has 1 aromatic heterocycles. The van der Waals surface area contributed by atoms with E-state index < -0.39 is 9.84 Å². The zero-order chi connectivity index (χ0) is 24.1. The number of benzene rings is 2. The molecule has 1 unspecified atom stereocenters. The van der Waals surface area contributed by atoms with Gasteiger partial charge in [0, 0.05) is 17.7 Å². The summed E-state index contributed by atoms with van der Waals surface area (Å²) in [5, 5.41) is 10.3. The Bertz CT molecular complexity index is 1260. The van der Waals surface area contributed by atoms with Crippen molar-refractivity contribution >= 4 is 27.5 Å². The van der Waals surface area contributed by atoms with Crippen LogP contribution in [0.25, 0.3) is 16.9 Å². The Morgan fingerprint density at radius 3 is 2.32 bits per heavy atom. The maximum absolute atomic E-state index is 12.8. The highest BCUT2D eigenvalue weighted by atomic mass is 32.2. The number of carbonyl (C=O) groups is 2. The van der Waals surface area contributed by atoms with Crippen LogP contribution in [0.5, 0.6) is 0 Å². The van der Waals surface area contributed by atoms with Crippen molar-refractivity contribution in [2.75, 3.05) is 37.0 Å². The molecule has 4 rings (SSSR count). The fourth-order valence-electron chi connectivity index (χ4n) is 3.90. The van der Waals surface area contributed by atoms with Crippen molar-refractivity contribution in [1.82, 2.24) is 20.0 Å². The maximum atomic E-state index is 12.8. The Balaban J connectivity index is 1.41. The van der Waals surface area contributed by atoms with Gasteiger partial charge in [-0.15, -0.1) is 0 Å². The van der Waals surface area contributed by atoms with Gasteiger partial charge in [-0.05, 0) is 25.6 Å². The second-order valence-corrected chi connectivity index (χ2v) is 10.6. The van der Waals surface area contributed by atoms with E-state index in [1.165, 1.54) is 0 Å². The third kappa shape index (κ3) is 6.09. The second kappa shape index (κ2) is 10.2. The first-order valence-corrected chi connectivity index (χ1v) is 12.8. The topological polar surface area (TPSA) is 113 Å². The van der Waals surface area contributed by atoms with Crippen LogP contribution >= 0.6 is 0 Å². The number of carbonyl (C=O) groups excluding carboxylic acids is 2. The first kappa shape index (κ1) is 23.7. The van der Waals surface area contributed by atoms with Crippen LogP contribution in [0, 0.1) is 0 Å². The molecule has 2 amide bonds. The van der Waals surface area contributed by atoms with Gasteiger partial charge in [0.05, 0.1) is 36.0 Å². The van der Waals surface area contributed by atoms with Gasteiger partial charge in [0.1, 0.15) is 5.82 Å². The minimum atomic E-state index is -3.07. The fraction of sp³-hybridized carbons (Fsp3) is 0.292. The van der Waals surface area contributed by atoms with Gasteiger partial charge in [-0.25, -0.2) is 13.1 Å². The summed E-state index contributed by atoms with van der Waals surface area (Å²) in [6.07, 6.45) is 0.422. The number of likely N-dealkylation sites (N-methyl/N-ethyl adjacent to an activating group) is 1. The Kier molecular flexibility index (Phi) is 7.09. The molecule has 0 radical (unpaired) electrons. The molecule has 1 fully saturated rings. The van der Waals surface area contributed by atoms with Gasteiger partial charge in [0.25, 0.3) is 0 Å². The monoisotopic (exact) mass is 481 g/mol. The van der Waals surface area contributed by atoms with Gasteiger partial charge >= 0.3 is 0 Å². The third-order valence-electron chi connectivity index (χ3n) is 5.47. The lowest BCUT2D eigenvalue weighted by molar-refractivity contribution is -0.123. The normalized spacial score (nSPS) is 16.9. The van der Waals surface area contributed by atoms with Gasteiger partial charge in [0.2, 0.25) is 11.8 Å². The van der Waals surface area contributed by atoms with E-state index in [0.29, 0.717) is 12.2 Å². The average molecular weight is 482 g/mol. The molecule has 2 heterocycles. The zero-order valence-electron chi connectivity index (χ0n) is 18.8. The van der Waals surface area contributed by atoms with Gasteiger partial charge in [-0.2, -0.15) is 5.10 Å². The Hall–Kier alpha value is -3.50. The largest absolute Gasteiger partial charge is 0.351 e. The summed E-state index contributed by atoms with van der Waals surface area (Å²) < 4.78 is 24.8. The third-order valence-corrected chi connectivity index (χ3v) is 7.24. The minimum Gasteiger partial charge on any atom is -0.351 e. The van der Waals surface area contributed by atoms with Gasteiger partial charge in [-0.3, -0.25) is 14.5 Å². The van der Waals surface area contributed by atoms with Crippen molar-refractivity contribution in [3.8, 4) is 16.9 Å². The highest BCUT2D eigenvalue weighted by Gasteiger charge is 2.29. The van der Waals surface area contributed by atoms with Gasteiger partial charge in [-0.1, -0.05) is 48.5 Å². The summed E-state index contributed by atoms with van der Waals surface area (Å²) in [4.78, 5) is 26.6. The molecule has 0 aliphatic carbocycles. The first-order valence-electron chi connectivity index (χ1n) is 11.0. The van der Waals surface area contributed by atoms with E-state index >= 15 is 0 Å². The molecule has 1 saturated heterocycles. The van der Waals surface area contributed by atoms with Gasteiger partial charge in [0.15, 0.2) is 9.84 Å². The van der Waals surface area contributed by atoms with Crippen molar-refractivity contribution in [2.45, 2.75) is 12.5 Å². The number of nitrogens with one attached hydrogen (secondary N) is 2. The van der Waals surface area contributed by atoms with E-state index in [9.17, 15) is 18.0 Å². The molecular formula is C24H27N5O4S. The molecule has 0 bridgehead atoms. The highest BCUT2D eigenvalue weighted by molar-refractivity contribution is 7.91. The van der Waals surface area contributed by atoms with Gasteiger partial charge < -0.3 is 10.6 Å². The molecule has 178 valence electrons.